The van der Waals surface area contributed by atoms with E-state index in [1.165, 1.54) is 0 Å². The van der Waals surface area contributed by atoms with Gasteiger partial charge in [-0.15, -0.1) is 18.2 Å². The molecule has 0 saturated heterocycles. The number of thioether (sulfide) groups is 1. The van der Waals surface area contributed by atoms with Gasteiger partial charge < -0.3 is 5.32 Å². The van der Waals surface area contributed by atoms with E-state index >= 15 is 0 Å². The third kappa shape index (κ3) is 5.32. The molecule has 0 aliphatic carbocycles. The Kier molecular flexibility index (Phi) is 7.00. The first-order chi connectivity index (χ1) is 8.15. The molecular weight excluding hydrogens is 413 g/mol. The minimum atomic E-state index is -0.0586. The van der Waals surface area contributed by atoms with Gasteiger partial charge in [0.15, 0.2) is 0 Å². The van der Waals surface area contributed by atoms with Crippen LogP contribution in [-0.4, -0.2) is 24.0 Å². The molecule has 0 fully saturated rings. The van der Waals surface area contributed by atoms with E-state index in [1.54, 1.807) is 11.8 Å². The zero-order valence-corrected chi connectivity index (χ0v) is 13.6. The number of carbonyl (C=O) groups excluding carboxylic acids is 1. The lowest BCUT2D eigenvalue weighted by atomic mass is 10.2. The molecule has 0 saturated carbocycles. The molecule has 17 heavy (non-hydrogen) atoms. The van der Waals surface area contributed by atoms with Crippen molar-refractivity contribution in [2.75, 3.05) is 18.1 Å². The fourth-order valence-corrected chi connectivity index (χ4v) is 2.56. The van der Waals surface area contributed by atoms with Crippen molar-refractivity contribution < 1.29 is 4.79 Å². The molecule has 1 rings (SSSR count). The van der Waals surface area contributed by atoms with E-state index in [0.29, 0.717) is 17.9 Å². The van der Waals surface area contributed by atoms with Crippen LogP contribution in [0.15, 0.2) is 22.7 Å². The Morgan fingerprint density at radius 1 is 1.59 bits per heavy atom. The van der Waals surface area contributed by atoms with Crippen molar-refractivity contribution in [2.45, 2.75) is 0 Å². The predicted octanol–water partition coefficient (Wildman–Crippen LogP) is 3.15. The van der Waals surface area contributed by atoms with Crippen LogP contribution in [0.3, 0.4) is 0 Å². The van der Waals surface area contributed by atoms with Crippen molar-refractivity contribution in [1.82, 2.24) is 5.32 Å². The first kappa shape index (κ1) is 14.9. The predicted molar refractivity (Wildman–Crippen MR) is 85.4 cm³/mol. The molecule has 0 unspecified atom stereocenters. The molecular formula is C12H11BrINOS. The zero-order chi connectivity index (χ0) is 12.7. The molecule has 5 heteroatoms. The SMILES string of the molecule is C#CCSCCNC(=O)c1cc(I)ccc1Br. The standard InChI is InChI=1S/C12H11BrINOS/c1-2-6-17-7-5-15-12(16)10-8-9(14)3-4-11(10)13/h1,3-4,8H,5-7H2,(H,15,16). The minimum absolute atomic E-state index is 0.0586. The Bertz CT molecular complexity index is 445. The third-order valence-electron chi connectivity index (χ3n) is 1.89. The van der Waals surface area contributed by atoms with Crippen molar-refractivity contribution >= 4 is 56.2 Å². The van der Waals surface area contributed by atoms with Crippen LogP contribution in [0.4, 0.5) is 0 Å². The average molecular weight is 424 g/mol. The smallest absolute Gasteiger partial charge is 0.252 e. The molecule has 1 amide bonds. The summed E-state index contributed by atoms with van der Waals surface area (Å²) in [7, 11) is 0. The summed E-state index contributed by atoms with van der Waals surface area (Å²) in [5, 5.41) is 2.86. The van der Waals surface area contributed by atoms with Crippen LogP contribution in [0.25, 0.3) is 0 Å². The Hall–Kier alpha value is -0.190. The normalized spacial score (nSPS) is 9.71. The fraction of sp³-hybridized carbons (Fsp3) is 0.250. The van der Waals surface area contributed by atoms with E-state index in [2.05, 4.69) is 49.8 Å². The summed E-state index contributed by atoms with van der Waals surface area (Å²) in [6.07, 6.45) is 5.13. The monoisotopic (exact) mass is 423 g/mol. The lowest BCUT2D eigenvalue weighted by molar-refractivity contribution is 0.0955. The minimum Gasteiger partial charge on any atom is -0.351 e. The summed E-state index contributed by atoms with van der Waals surface area (Å²) in [4.78, 5) is 11.9. The van der Waals surface area contributed by atoms with Gasteiger partial charge in [-0.05, 0) is 56.7 Å². The van der Waals surface area contributed by atoms with Crippen molar-refractivity contribution in [3.05, 3.63) is 31.8 Å². The number of terminal acetylenes is 1. The largest absolute Gasteiger partial charge is 0.351 e. The summed E-state index contributed by atoms with van der Waals surface area (Å²) < 4.78 is 1.85. The van der Waals surface area contributed by atoms with Crippen LogP contribution in [0.5, 0.6) is 0 Å². The molecule has 90 valence electrons. The van der Waals surface area contributed by atoms with E-state index < -0.39 is 0 Å². The number of carbonyl (C=O) groups is 1. The quantitative estimate of drug-likeness (QED) is 0.447. The number of hydrogen-bond acceptors (Lipinski definition) is 2. The highest BCUT2D eigenvalue weighted by Crippen LogP contribution is 2.19. The van der Waals surface area contributed by atoms with Crippen molar-refractivity contribution in [1.29, 1.82) is 0 Å². The number of hydrogen-bond donors (Lipinski definition) is 1. The molecule has 0 radical (unpaired) electrons. The van der Waals surface area contributed by atoms with Crippen molar-refractivity contribution in [3.8, 4) is 12.3 Å². The zero-order valence-electron chi connectivity index (χ0n) is 9.00. The van der Waals surface area contributed by atoms with Crippen LogP contribution < -0.4 is 5.32 Å². The van der Waals surface area contributed by atoms with Gasteiger partial charge in [-0.3, -0.25) is 4.79 Å². The van der Waals surface area contributed by atoms with E-state index in [1.807, 2.05) is 18.2 Å². The average Bonchev–Trinajstić information content (AvgIpc) is 2.32. The van der Waals surface area contributed by atoms with Crippen LogP contribution in [-0.2, 0) is 0 Å². The maximum absolute atomic E-state index is 11.9. The molecule has 1 aromatic carbocycles. The van der Waals surface area contributed by atoms with Gasteiger partial charge in [-0.25, -0.2) is 0 Å². The maximum Gasteiger partial charge on any atom is 0.252 e. The highest BCUT2D eigenvalue weighted by atomic mass is 127. The van der Waals surface area contributed by atoms with Gasteiger partial charge in [0, 0.05) is 20.3 Å². The highest BCUT2D eigenvalue weighted by molar-refractivity contribution is 14.1. The summed E-state index contributed by atoms with van der Waals surface area (Å²) in [6.45, 7) is 0.628. The fourth-order valence-electron chi connectivity index (χ4n) is 1.13. The van der Waals surface area contributed by atoms with Gasteiger partial charge in [0.1, 0.15) is 0 Å². The van der Waals surface area contributed by atoms with Gasteiger partial charge in [0.2, 0.25) is 0 Å². The lowest BCUT2D eigenvalue weighted by Crippen LogP contribution is -2.26. The highest BCUT2D eigenvalue weighted by Gasteiger charge is 2.09. The van der Waals surface area contributed by atoms with E-state index in [-0.39, 0.29) is 5.91 Å². The number of amides is 1. The number of rotatable bonds is 5. The molecule has 0 bridgehead atoms. The first-order valence-corrected chi connectivity index (χ1v) is 7.92. The molecule has 2 nitrogen and oxygen atoms in total. The Balaban J connectivity index is 2.47. The molecule has 0 atom stereocenters. The first-order valence-electron chi connectivity index (χ1n) is 4.89. The summed E-state index contributed by atoms with van der Waals surface area (Å²) in [6, 6.07) is 5.68. The second kappa shape index (κ2) is 8.01. The second-order valence-corrected chi connectivity index (χ2v) is 6.34. The molecule has 0 aliphatic heterocycles. The van der Waals surface area contributed by atoms with Gasteiger partial charge in [-0.1, -0.05) is 5.92 Å². The second-order valence-electron chi connectivity index (χ2n) is 3.14. The lowest BCUT2D eigenvalue weighted by Gasteiger charge is -2.06. The topological polar surface area (TPSA) is 29.1 Å². The molecule has 0 spiro atoms. The van der Waals surface area contributed by atoms with E-state index in [9.17, 15) is 4.79 Å². The van der Waals surface area contributed by atoms with Crippen LogP contribution >= 0.6 is 50.3 Å². The number of benzene rings is 1. The van der Waals surface area contributed by atoms with Gasteiger partial charge in [0.25, 0.3) is 5.91 Å². The summed E-state index contributed by atoms with van der Waals surface area (Å²) >= 11 is 7.19. The van der Waals surface area contributed by atoms with E-state index in [4.69, 9.17) is 6.42 Å². The van der Waals surface area contributed by atoms with Crippen molar-refractivity contribution in [2.24, 2.45) is 0 Å². The van der Waals surface area contributed by atoms with Gasteiger partial charge in [-0.2, -0.15) is 0 Å². The summed E-state index contributed by atoms with van der Waals surface area (Å²) in [5.41, 5.74) is 0.666. The number of halogens is 2. The molecule has 1 aromatic rings. The Labute approximate surface area is 128 Å². The Morgan fingerprint density at radius 2 is 2.35 bits per heavy atom. The van der Waals surface area contributed by atoms with Crippen molar-refractivity contribution in [3.63, 3.8) is 0 Å². The summed E-state index contributed by atoms with van der Waals surface area (Å²) in [5.74, 6) is 4.00. The van der Waals surface area contributed by atoms with Crippen LogP contribution in [0, 0.1) is 15.9 Å². The molecule has 0 aliphatic rings. The van der Waals surface area contributed by atoms with Crippen LogP contribution in [0.1, 0.15) is 10.4 Å². The Morgan fingerprint density at radius 3 is 3.06 bits per heavy atom. The van der Waals surface area contributed by atoms with Gasteiger partial charge in [0.05, 0.1) is 11.3 Å². The molecule has 0 aromatic heterocycles. The number of nitrogens with one attached hydrogen (secondary N) is 1. The maximum atomic E-state index is 11.9. The van der Waals surface area contributed by atoms with Gasteiger partial charge >= 0.3 is 0 Å². The third-order valence-corrected chi connectivity index (χ3v) is 4.12. The molecule has 0 heterocycles. The van der Waals surface area contributed by atoms with Crippen LogP contribution in [0.2, 0.25) is 0 Å². The van der Waals surface area contributed by atoms with E-state index in [0.717, 1.165) is 13.8 Å². The molecule has 1 N–H and O–H groups in total.